The molecule has 1 aliphatic rings. The largest absolute Gasteiger partial charge is 0.339 e. The molecule has 0 radical (unpaired) electrons. The molecule has 0 saturated carbocycles. The van der Waals surface area contributed by atoms with Crippen LogP contribution in [0.5, 0.6) is 0 Å². The summed E-state index contributed by atoms with van der Waals surface area (Å²) in [4.78, 5) is 26.4. The van der Waals surface area contributed by atoms with Gasteiger partial charge < -0.3 is 10.2 Å². The molecule has 3 rings (SSSR count). The summed E-state index contributed by atoms with van der Waals surface area (Å²) in [6.45, 7) is 2.80. The van der Waals surface area contributed by atoms with Crippen molar-refractivity contribution in [3.05, 3.63) is 65.2 Å². The van der Waals surface area contributed by atoms with Gasteiger partial charge in [0.15, 0.2) is 0 Å². The lowest BCUT2D eigenvalue weighted by atomic mass is 9.95. The third kappa shape index (κ3) is 4.51. The van der Waals surface area contributed by atoms with E-state index in [9.17, 15) is 18.4 Å². The van der Waals surface area contributed by atoms with E-state index in [1.54, 1.807) is 0 Å². The number of nitrogens with zero attached hydrogens (tertiary/aromatic N) is 1. The van der Waals surface area contributed by atoms with Crippen LogP contribution in [0.1, 0.15) is 35.7 Å². The van der Waals surface area contributed by atoms with Gasteiger partial charge in [0.1, 0.15) is 11.6 Å². The number of rotatable bonds is 4. The van der Waals surface area contributed by atoms with E-state index < -0.39 is 17.5 Å². The Morgan fingerprint density at radius 1 is 1.07 bits per heavy atom. The van der Waals surface area contributed by atoms with Crippen LogP contribution < -0.4 is 5.32 Å². The Labute approximate surface area is 157 Å². The van der Waals surface area contributed by atoms with Gasteiger partial charge >= 0.3 is 0 Å². The minimum atomic E-state index is -0.865. The number of carbonyl (C=O) groups excluding carboxylic acids is 2. The highest BCUT2D eigenvalue weighted by Crippen LogP contribution is 2.22. The van der Waals surface area contributed by atoms with Crippen LogP contribution in [0.4, 0.5) is 14.5 Å². The second-order valence-corrected chi connectivity index (χ2v) is 6.73. The Kier molecular flexibility index (Phi) is 5.84. The number of amides is 2. The van der Waals surface area contributed by atoms with Gasteiger partial charge in [-0.1, -0.05) is 19.1 Å². The average molecular weight is 372 g/mol. The van der Waals surface area contributed by atoms with Gasteiger partial charge in [-0.15, -0.1) is 0 Å². The molecular weight excluding hydrogens is 350 g/mol. The first-order valence-corrected chi connectivity index (χ1v) is 9.12. The molecule has 0 aliphatic carbocycles. The molecule has 1 N–H and O–H groups in total. The molecule has 0 bridgehead atoms. The van der Waals surface area contributed by atoms with Crippen LogP contribution in [0, 0.1) is 17.6 Å². The van der Waals surface area contributed by atoms with Crippen molar-refractivity contribution in [2.24, 2.45) is 5.92 Å². The number of carbonyl (C=O) groups is 2. The molecule has 142 valence electrons. The molecule has 2 amide bonds. The zero-order valence-corrected chi connectivity index (χ0v) is 15.2. The van der Waals surface area contributed by atoms with Crippen molar-refractivity contribution in [2.75, 3.05) is 18.4 Å². The molecule has 4 nitrogen and oxygen atoms in total. The zero-order chi connectivity index (χ0) is 19.4. The maximum atomic E-state index is 13.8. The van der Waals surface area contributed by atoms with Gasteiger partial charge in [-0.2, -0.15) is 0 Å². The molecule has 1 saturated heterocycles. The van der Waals surface area contributed by atoms with E-state index in [1.807, 2.05) is 24.3 Å². The first-order valence-electron chi connectivity index (χ1n) is 9.12. The first-order chi connectivity index (χ1) is 13.0. The van der Waals surface area contributed by atoms with E-state index in [0.29, 0.717) is 32.0 Å². The van der Waals surface area contributed by atoms with Gasteiger partial charge in [0.05, 0.1) is 5.56 Å². The number of halogens is 2. The number of anilines is 1. The van der Waals surface area contributed by atoms with Crippen LogP contribution in [0.25, 0.3) is 0 Å². The van der Waals surface area contributed by atoms with E-state index in [4.69, 9.17) is 0 Å². The summed E-state index contributed by atoms with van der Waals surface area (Å²) in [5.41, 5.74) is 1.81. The van der Waals surface area contributed by atoms with Crippen LogP contribution in [0.15, 0.2) is 42.5 Å². The summed E-state index contributed by atoms with van der Waals surface area (Å²) in [5.74, 6) is -2.32. The predicted octanol–water partition coefficient (Wildman–Crippen LogP) is 4.02. The van der Waals surface area contributed by atoms with Crippen LogP contribution >= 0.6 is 0 Å². The SMILES string of the molecule is CCc1ccc(NC(=O)C2CCN(C(=O)c3ccc(F)cc3F)CC2)cc1. The highest BCUT2D eigenvalue weighted by Gasteiger charge is 2.29. The number of aryl methyl sites for hydroxylation is 1. The monoisotopic (exact) mass is 372 g/mol. The molecule has 2 aromatic carbocycles. The first kappa shape index (κ1) is 19.0. The quantitative estimate of drug-likeness (QED) is 0.881. The van der Waals surface area contributed by atoms with Crippen LogP contribution in [0.3, 0.4) is 0 Å². The lowest BCUT2D eigenvalue weighted by Gasteiger charge is -2.31. The third-order valence-corrected chi connectivity index (χ3v) is 4.94. The molecule has 27 heavy (non-hydrogen) atoms. The Morgan fingerprint density at radius 3 is 2.33 bits per heavy atom. The van der Waals surface area contributed by atoms with Crippen molar-refractivity contribution >= 4 is 17.5 Å². The number of nitrogens with one attached hydrogen (secondary N) is 1. The van der Waals surface area contributed by atoms with Crippen LogP contribution in [-0.4, -0.2) is 29.8 Å². The van der Waals surface area contributed by atoms with Crippen LogP contribution in [0.2, 0.25) is 0 Å². The number of hydrogen-bond acceptors (Lipinski definition) is 2. The molecule has 0 spiro atoms. The minimum absolute atomic E-state index is 0.0701. The molecule has 0 aromatic heterocycles. The average Bonchev–Trinajstić information content (AvgIpc) is 2.68. The molecule has 1 heterocycles. The number of benzene rings is 2. The second kappa shape index (κ2) is 8.29. The molecule has 6 heteroatoms. The molecule has 0 atom stereocenters. The van der Waals surface area contributed by atoms with Crippen molar-refractivity contribution in [1.82, 2.24) is 4.90 Å². The number of hydrogen-bond donors (Lipinski definition) is 1. The van der Waals surface area contributed by atoms with Crippen molar-refractivity contribution < 1.29 is 18.4 Å². The van der Waals surface area contributed by atoms with E-state index in [0.717, 1.165) is 24.2 Å². The van der Waals surface area contributed by atoms with E-state index >= 15 is 0 Å². The standard InChI is InChI=1S/C21H22F2N2O2/c1-2-14-3-6-17(7-4-14)24-20(26)15-9-11-25(12-10-15)21(27)18-8-5-16(22)13-19(18)23/h3-8,13,15H,2,9-12H2,1H3,(H,24,26). The van der Waals surface area contributed by atoms with Gasteiger partial charge in [-0.25, -0.2) is 8.78 Å². The summed E-state index contributed by atoms with van der Waals surface area (Å²) >= 11 is 0. The topological polar surface area (TPSA) is 49.4 Å². The Hall–Kier alpha value is -2.76. The van der Waals surface area contributed by atoms with Gasteiger partial charge in [0.2, 0.25) is 5.91 Å². The highest BCUT2D eigenvalue weighted by atomic mass is 19.1. The van der Waals surface area contributed by atoms with E-state index in [1.165, 1.54) is 10.5 Å². The predicted molar refractivity (Wildman–Crippen MR) is 99.4 cm³/mol. The fraction of sp³-hybridized carbons (Fsp3) is 0.333. The van der Waals surface area contributed by atoms with Gasteiger partial charge in [-0.05, 0) is 49.1 Å². The van der Waals surface area contributed by atoms with E-state index in [2.05, 4.69) is 12.2 Å². The van der Waals surface area contributed by atoms with Gasteiger partial charge in [0, 0.05) is 30.8 Å². The molecule has 0 unspecified atom stereocenters. The number of likely N-dealkylation sites (tertiary alicyclic amines) is 1. The lowest BCUT2D eigenvalue weighted by molar-refractivity contribution is -0.121. The summed E-state index contributed by atoms with van der Waals surface area (Å²) in [5, 5.41) is 2.91. The van der Waals surface area contributed by atoms with Crippen molar-refractivity contribution in [1.29, 1.82) is 0 Å². The Balaban J connectivity index is 1.56. The summed E-state index contributed by atoms with van der Waals surface area (Å²) in [7, 11) is 0. The zero-order valence-electron chi connectivity index (χ0n) is 15.2. The fourth-order valence-corrected chi connectivity index (χ4v) is 3.25. The fourth-order valence-electron chi connectivity index (χ4n) is 3.25. The lowest BCUT2D eigenvalue weighted by Crippen LogP contribution is -2.41. The summed E-state index contributed by atoms with van der Waals surface area (Å²) in [6.07, 6.45) is 1.95. The van der Waals surface area contributed by atoms with Crippen molar-refractivity contribution in [3.63, 3.8) is 0 Å². The third-order valence-electron chi connectivity index (χ3n) is 4.94. The Morgan fingerprint density at radius 2 is 1.74 bits per heavy atom. The molecule has 2 aromatic rings. The summed E-state index contributed by atoms with van der Waals surface area (Å²) in [6, 6.07) is 10.7. The van der Waals surface area contributed by atoms with E-state index in [-0.39, 0.29) is 17.4 Å². The molecule has 1 fully saturated rings. The van der Waals surface area contributed by atoms with Crippen molar-refractivity contribution in [3.8, 4) is 0 Å². The smallest absolute Gasteiger partial charge is 0.256 e. The summed E-state index contributed by atoms with van der Waals surface area (Å²) < 4.78 is 26.8. The van der Waals surface area contributed by atoms with Crippen molar-refractivity contribution in [2.45, 2.75) is 26.2 Å². The second-order valence-electron chi connectivity index (χ2n) is 6.73. The van der Waals surface area contributed by atoms with Gasteiger partial charge in [-0.3, -0.25) is 9.59 Å². The highest BCUT2D eigenvalue weighted by molar-refractivity contribution is 5.95. The van der Waals surface area contributed by atoms with Crippen LogP contribution in [-0.2, 0) is 11.2 Å². The Bertz CT molecular complexity index is 829. The molecule has 1 aliphatic heterocycles. The van der Waals surface area contributed by atoms with Gasteiger partial charge in [0.25, 0.3) is 5.91 Å². The normalized spacial score (nSPS) is 14.9. The maximum Gasteiger partial charge on any atom is 0.256 e. The number of piperidine rings is 1. The molecular formula is C21H22F2N2O2. The minimum Gasteiger partial charge on any atom is -0.339 e. The maximum absolute atomic E-state index is 13.8.